The van der Waals surface area contributed by atoms with Crippen molar-refractivity contribution in [2.45, 2.75) is 11.8 Å². The number of hydrogen-bond acceptors (Lipinski definition) is 4. The van der Waals surface area contributed by atoms with E-state index in [1.54, 1.807) is 19.1 Å². The molecule has 0 spiro atoms. The maximum Gasteiger partial charge on any atom is 0.270 e. The fourth-order valence-corrected chi connectivity index (χ4v) is 2.74. The molecule has 1 rings (SSSR count). The first-order chi connectivity index (χ1) is 8.88. The Morgan fingerprint density at radius 1 is 1.42 bits per heavy atom. The summed E-state index contributed by atoms with van der Waals surface area (Å²) < 4.78 is 26.3. The van der Waals surface area contributed by atoms with Gasteiger partial charge in [-0.25, -0.2) is 13.1 Å². The van der Waals surface area contributed by atoms with E-state index in [-0.39, 0.29) is 23.0 Å². The van der Waals surface area contributed by atoms with Crippen LogP contribution in [0, 0.1) is 17.0 Å². The molecule has 8 heteroatoms. The molecule has 0 aliphatic rings. The Morgan fingerprint density at radius 3 is 2.68 bits per heavy atom. The van der Waals surface area contributed by atoms with Crippen LogP contribution in [0.3, 0.4) is 0 Å². The van der Waals surface area contributed by atoms with E-state index in [2.05, 4.69) is 4.72 Å². The molecule has 1 aromatic rings. The quantitative estimate of drug-likeness (QED) is 0.376. The van der Waals surface area contributed by atoms with Gasteiger partial charge in [-0.3, -0.25) is 10.1 Å². The van der Waals surface area contributed by atoms with E-state index in [0.29, 0.717) is 5.56 Å². The van der Waals surface area contributed by atoms with Crippen LogP contribution in [0.1, 0.15) is 5.56 Å². The number of benzene rings is 1. The van der Waals surface area contributed by atoms with Crippen LogP contribution in [0.4, 0.5) is 5.69 Å². The molecule has 0 amide bonds. The van der Waals surface area contributed by atoms with Gasteiger partial charge in [-0.2, -0.15) is 0 Å². The molecule has 0 aliphatic heterocycles. The molecule has 104 valence electrons. The highest BCUT2D eigenvalue weighted by Gasteiger charge is 2.19. The molecule has 0 radical (unpaired) electrons. The van der Waals surface area contributed by atoms with E-state index >= 15 is 0 Å². The molecule has 0 fully saturated rings. The molecule has 0 saturated carbocycles. The van der Waals surface area contributed by atoms with Crippen molar-refractivity contribution in [1.82, 2.24) is 4.72 Å². The zero-order valence-corrected chi connectivity index (χ0v) is 11.7. The van der Waals surface area contributed by atoms with Gasteiger partial charge in [-0.05, 0) is 12.5 Å². The molecule has 0 atom stereocenters. The Morgan fingerprint density at radius 2 is 2.11 bits per heavy atom. The summed E-state index contributed by atoms with van der Waals surface area (Å²) >= 11 is 5.41. The van der Waals surface area contributed by atoms with Gasteiger partial charge in [0.1, 0.15) is 0 Å². The lowest BCUT2D eigenvalue weighted by Crippen LogP contribution is -2.24. The monoisotopic (exact) mass is 304 g/mol. The third-order valence-corrected chi connectivity index (χ3v) is 4.06. The van der Waals surface area contributed by atoms with Gasteiger partial charge in [0, 0.05) is 24.6 Å². The Labute approximate surface area is 116 Å². The predicted octanol–water partition coefficient (Wildman–Crippen LogP) is 1.98. The molecule has 0 saturated heterocycles. The Hall–Kier alpha value is -1.44. The molecule has 0 aliphatic carbocycles. The lowest BCUT2D eigenvalue weighted by Gasteiger charge is -2.07. The van der Waals surface area contributed by atoms with Crippen LogP contribution in [-0.2, 0) is 10.0 Å². The number of hydrogen-bond donors (Lipinski definition) is 1. The standard InChI is InChI=1S/C11H13ClN2O4S/c1-9-4-5-10(14(15)16)8-11(9)19(17,18)13-7-3-2-6-12/h2-5,8,13H,6-7H2,1H3/b3-2+. The number of rotatable bonds is 6. The van der Waals surface area contributed by atoms with E-state index in [4.69, 9.17) is 11.6 Å². The SMILES string of the molecule is Cc1ccc([N+](=O)[O-])cc1S(=O)(=O)NC/C=C/CCl. The summed E-state index contributed by atoms with van der Waals surface area (Å²) in [6, 6.07) is 3.71. The van der Waals surface area contributed by atoms with Gasteiger partial charge in [-0.15, -0.1) is 11.6 Å². The normalized spacial score (nSPS) is 11.9. The lowest BCUT2D eigenvalue weighted by atomic mass is 10.2. The largest absolute Gasteiger partial charge is 0.270 e. The zero-order valence-electron chi connectivity index (χ0n) is 10.2. The highest BCUT2D eigenvalue weighted by atomic mass is 35.5. The zero-order chi connectivity index (χ0) is 14.5. The van der Waals surface area contributed by atoms with Crippen LogP contribution in [-0.4, -0.2) is 25.8 Å². The van der Waals surface area contributed by atoms with Crippen LogP contribution < -0.4 is 4.72 Å². The van der Waals surface area contributed by atoms with Crippen LogP contribution >= 0.6 is 11.6 Å². The molecule has 0 bridgehead atoms. The molecule has 0 unspecified atom stereocenters. The molecule has 1 N–H and O–H groups in total. The number of alkyl halides is 1. The fourth-order valence-electron chi connectivity index (χ4n) is 1.37. The second-order valence-electron chi connectivity index (χ2n) is 3.68. The number of nitrogens with one attached hydrogen (secondary N) is 1. The molecule has 1 aromatic carbocycles. The summed E-state index contributed by atoms with van der Waals surface area (Å²) in [6.45, 7) is 1.66. The van der Waals surface area contributed by atoms with Crippen molar-refractivity contribution in [3.8, 4) is 0 Å². The summed E-state index contributed by atoms with van der Waals surface area (Å²) in [5, 5.41) is 10.7. The maximum atomic E-state index is 12.0. The van der Waals surface area contributed by atoms with Crippen molar-refractivity contribution >= 4 is 27.3 Å². The average Bonchev–Trinajstić information content (AvgIpc) is 2.34. The van der Waals surface area contributed by atoms with Gasteiger partial charge < -0.3 is 0 Å². The summed E-state index contributed by atoms with van der Waals surface area (Å²) in [7, 11) is -3.78. The molecule has 0 aromatic heterocycles. The van der Waals surface area contributed by atoms with E-state index in [0.717, 1.165) is 6.07 Å². The number of sulfonamides is 1. The first-order valence-electron chi connectivity index (χ1n) is 5.34. The summed E-state index contributed by atoms with van der Waals surface area (Å²) in [4.78, 5) is 9.93. The van der Waals surface area contributed by atoms with Crippen LogP contribution in [0.25, 0.3) is 0 Å². The van der Waals surface area contributed by atoms with E-state index in [1.807, 2.05) is 0 Å². The molecular formula is C11H13ClN2O4S. The first-order valence-corrected chi connectivity index (χ1v) is 7.36. The van der Waals surface area contributed by atoms with Crippen LogP contribution in [0.5, 0.6) is 0 Å². The van der Waals surface area contributed by atoms with Crippen molar-refractivity contribution in [3.05, 3.63) is 46.0 Å². The number of aryl methyl sites for hydroxylation is 1. The van der Waals surface area contributed by atoms with Crippen molar-refractivity contribution in [3.63, 3.8) is 0 Å². The second-order valence-corrected chi connectivity index (χ2v) is 5.73. The minimum absolute atomic E-state index is 0.0805. The summed E-state index contributed by atoms with van der Waals surface area (Å²) in [5.74, 6) is 0.289. The van der Waals surface area contributed by atoms with Gasteiger partial charge in [0.25, 0.3) is 5.69 Å². The average molecular weight is 305 g/mol. The van der Waals surface area contributed by atoms with E-state index in [9.17, 15) is 18.5 Å². The van der Waals surface area contributed by atoms with Crippen LogP contribution in [0.2, 0.25) is 0 Å². The van der Waals surface area contributed by atoms with Gasteiger partial charge in [0.15, 0.2) is 0 Å². The van der Waals surface area contributed by atoms with Crippen molar-refractivity contribution in [1.29, 1.82) is 0 Å². The molecule has 19 heavy (non-hydrogen) atoms. The summed E-state index contributed by atoms with van der Waals surface area (Å²) in [5.41, 5.74) is 0.182. The third-order valence-electron chi connectivity index (χ3n) is 2.32. The maximum absolute atomic E-state index is 12.0. The van der Waals surface area contributed by atoms with E-state index in [1.165, 1.54) is 12.1 Å². The third kappa shape index (κ3) is 4.30. The van der Waals surface area contributed by atoms with E-state index < -0.39 is 14.9 Å². The second kappa shape index (κ2) is 6.65. The number of halogens is 1. The summed E-state index contributed by atoms with van der Waals surface area (Å²) in [6.07, 6.45) is 3.17. The number of nitrogens with zero attached hydrogens (tertiary/aromatic N) is 1. The van der Waals surface area contributed by atoms with Crippen LogP contribution in [0.15, 0.2) is 35.2 Å². The molecule has 0 heterocycles. The minimum atomic E-state index is -3.78. The number of non-ortho nitro benzene ring substituents is 1. The molecule has 6 nitrogen and oxygen atoms in total. The minimum Gasteiger partial charge on any atom is -0.258 e. The van der Waals surface area contributed by atoms with Gasteiger partial charge in [0.2, 0.25) is 10.0 Å². The van der Waals surface area contributed by atoms with Crippen molar-refractivity contribution in [2.24, 2.45) is 0 Å². The Bertz CT molecular complexity index is 599. The lowest BCUT2D eigenvalue weighted by molar-refractivity contribution is -0.385. The number of allylic oxidation sites excluding steroid dienone is 1. The fraction of sp³-hybridized carbons (Fsp3) is 0.273. The van der Waals surface area contributed by atoms with Gasteiger partial charge in [-0.1, -0.05) is 18.2 Å². The van der Waals surface area contributed by atoms with Gasteiger partial charge >= 0.3 is 0 Å². The highest BCUT2D eigenvalue weighted by molar-refractivity contribution is 7.89. The Balaban J connectivity index is 3.03. The topological polar surface area (TPSA) is 89.3 Å². The smallest absolute Gasteiger partial charge is 0.258 e. The van der Waals surface area contributed by atoms with Crippen molar-refractivity contribution in [2.75, 3.05) is 12.4 Å². The number of nitro benzene ring substituents is 1. The van der Waals surface area contributed by atoms with Gasteiger partial charge in [0.05, 0.1) is 9.82 Å². The molecular weight excluding hydrogens is 292 g/mol. The van der Waals surface area contributed by atoms with Crippen molar-refractivity contribution < 1.29 is 13.3 Å². The highest BCUT2D eigenvalue weighted by Crippen LogP contribution is 2.21. The predicted molar refractivity (Wildman–Crippen MR) is 72.9 cm³/mol. The Kier molecular flexibility index (Phi) is 5.46. The number of nitro groups is 1. The first kappa shape index (κ1) is 15.6.